The first kappa shape index (κ1) is 8.53. The number of rotatable bonds is 2. The SMILES string of the molecule is CC(=O)OCC1CCC[C]O1. The van der Waals surface area contributed by atoms with E-state index >= 15 is 0 Å². The lowest BCUT2D eigenvalue weighted by Crippen LogP contribution is -2.23. The van der Waals surface area contributed by atoms with Crippen molar-refractivity contribution in [2.45, 2.75) is 32.3 Å². The summed E-state index contributed by atoms with van der Waals surface area (Å²) >= 11 is 0. The molecule has 0 aromatic heterocycles. The first-order valence-electron chi connectivity index (χ1n) is 3.81. The molecule has 0 spiro atoms. The molecular weight excluding hydrogens is 144 g/mol. The van der Waals surface area contributed by atoms with Crippen molar-refractivity contribution in [3.63, 3.8) is 0 Å². The van der Waals surface area contributed by atoms with Crippen LogP contribution in [0.5, 0.6) is 0 Å². The van der Waals surface area contributed by atoms with Crippen LogP contribution in [0.1, 0.15) is 26.2 Å². The molecule has 0 amide bonds. The molecule has 1 aliphatic rings. The van der Waals surface area contributed by atoms with Gasteiger partial charge in [-0.05, 0) is 19.3 Å². The molecule has 0 bridgehead atoms. The van der Waals surface area contributed by atoms with Crippen molar-refractivity contribution in [3.8, 4) is 0 Å². The molecule has 1 rings (SSSR count). The second kappa shape index (κ2) is 4.34. The van der Waals surface area contributed by atoms with E-state index in [-0.39, 0.29) is 12.1 Å². The third kappa shape index (κ3) is 3.37. The van der Waals surface area contributed by atoms with Crippen LogP contribution in [0.4, 0.5) is 0 Å². The van der Waals surface area contributed by atoms with Crippen molar-refractivity contribution in [2.75, 3.05) is 6.61 Å². The highest BCUT2D eigenvalue weighted by Crippen LogP contribution is 2.15. The summed E-state index contributed by atoms with van der Waals surface area (Å²) in [6.45, 7) is 4.53. The van der Waals surface area contributed by atoms with Gasteiger partial charge in [-0.15, -0.1) is 0 Å². The Morgan fingerprint density at radius 2 is 2.64 bits per heavy atom. The van der Waals surface area contributed by atoms with Gasteiger partial charge in [0.15, 0.2) is 0 Å². The van der Waals surface area contributed by atoms with Gasteiger partial charge < -0.3 is 9.47 Å². The van der Waals surface area contributed by atoms with Crippen LogP contribution in [0.2, 0.25) is 0 Å². The topological polar surface area (TPSA) is 35.5 Å². The quantitative estimate of drug-likeness (QED) is 0.563. The van der Waals surface area contributed by atoms with Crippen LogP contribution in [0.15, 0.2) is 0 Å². The van der Waals surface area contributed by atoms with Crippen LogP contribution in [0, 0.1) is 6.61 Å². The molecule has 2 radical (unpaired) electrons. The molecule has 1 saturated heterocycles. The van der Waals surface area contributed by atoms with E-state index in [1.807, 2.05) is 0 Å². The van der Waals surface area contributed by atoms with Gasteiger partial charge in [0, 0.05) is 6.92 Å². The Morgan fingerprint density at radius 1 is 1.82 bits per heavy atom. The highest BCUT2D eigenvalue weighted by molar-refractivity contribution is 5.65. The van der Waals surface area contributed by atoms with Crippen molar-refractivity contribution in [1.82, 2.24) is 0 Å². The van der Waals surface area contributed by atoms with Crippen molar-refractivity contribution in [2.24, 2.45) is 0 Å². The predicted molar refractivity (Wildman–Crippen MR) is 38.6 cm³/mol. The van der Waals surface area contributed by atoms with E-state index in [0.717, 1.165) is 19.3 Å². The lowest BCUT2D eigenvalue weighted by molar-refractivity contribution is -0.145. The molecule has 0 aliphatic carbocycles. The zero-order chi connectivity index (χ0) is 8.10. The molecule has 0 aromatic rings. The molecule has 0 aromatic carbocycles. The van der Waals surface area contributed by atoms with Gasteiger partial charge in [-0.3, -0.25) is 4.79 Å². The van der Waals surface area contributed by atoms with Crippen LogP contribution in [-0.4, -0.2) is 18.7 Å². The van der Waals surface area contributed by atoms with Crippen LogP contribution in [0.3, 0.4) is 0 Å². The fourth-order valence-electron chi connectivity index (χ4n) is 0.965. The third-order valence-corrected chi connectivity index (χ3v) is 1.53. The molecule has 62 valence electrons. The summed E-state index contributed by atoms with van der Waals surface area (Å²) in [7, 11) is 0. The second-order valence-electron chi connectivity index (χ2n) is 2.58. The Hall–Kier alpha value is -0.570. The van der Waals surface area contributed by atoms with Crippen LogP contribution in [0.25, 0.3) is 0 Å². The summed E-state index contributed by atoms with van der Waals surface area (Å²) in [5, 5.41) is 0. The van der Waals surface area contributed by atoms with Gasteiger partial charge >= 0.3 is 5.97 Å². The molecule has 11 heavy (non-hydrogen) atoms. The van der Waals surface area contributed by atoms with Crippen molar-refractivity contribution in [1.29, 1.82) is 0 Å². The van der Waals surface area contributed by atoms with Gasteiger partial charge in [-0.25, -0.2) is 0 Å². The Balaban J connectivity index is 2.09. The zero-order valence-electron chi connectivity index (χ0n) is 6.63. The lowest BCUT2D eigenvalue weighted by Gasteiger charge is -2.20. The molecule has 1 atom stereocenters. The second-order valence-corrected chi connectivity index (χ2v) is 2.58. The number of carbonyl (C=O) groups is 1. The summed E-state index contributed by atoms with van der Waals surface area (Å²) in [4.78, 5) is 10.4. The lowest BCUT2D eigenvalue weighted by atomic mass is 10.1. The maximum absolute atomic E-state index is 10.4. The summed E-state index contributed by atoms with van der Waals surface area (Å²) in [6.07, 6.45) is 2.95. The van der Waals surface area contributed by atoms with Gasteiger partial charge in [-0.2, -0.15) is 0 Å². The summed E-state index contributed by atoms with van der Waals surface area (Å²) < 4.78 is 9.88. The standard InChI is InChI=1S/C8H12O3/c1-7(9)11-6-8-4-2-3-5-10-8/h8H,2-4,6H2,1H3. The fraction of sp³-hybridized carbons (Fsp3) is 0.750. The Kier molecular flexibility index (Phi) is 3.36. The zero-order valence-corrected chi connectivity index (χ0v) is 6.63. The average Bonchev–Trinajstić information content (AvgIpc) is 2.03. The monoisotopic (exact) mass is 156 g/mol. The predicted octanol–water partition coefficient (Wildman–Crippen LogP) is 1.16. The average molecular weight is 156 g/mol. The Bertz CT molecular complexity index is 127. The Labute approximate surface area is 66.7 Å². The van der Waals surface area contributed by atoms with Crippen LogP contribution < -0.4 is 0 Å². The summed E-state index contributed by atoms with van der Waals surface area (Å²) in [5.74, 6) is -0.251. The van der Waals surface area contributed by atoms with Crippen LogP contribution in [-0.2, 0) is 14.3 Å². The molecule has 0 saturated carbocycles. The maximum Gasteiger partial charge on any atom is 0.302 e. The Morgan fingerprint density at radius 3 is 3.18 bits per heavy atom. The number of carbonyl (C=O) groups excluding carboxylic acids is 1. The van der Waals surface area contributed by atoms with Gasteiger partial charge in [-0.1, -0.05) is 0 Å². The molecular formula is C8H12O3. The van der Waals surface area contributed by atoms with E-state index in [4.69, 9.17) is 9.47 Å². The van der Waals surface area contributed by atoms with E-state index in [1.54, 1.807) is 0 Å². The molecule has 3 nitrogen and oxygen atoms in total. The number of esters is 1. The van der Waals surface area contributed by atoms with E-state index < -0.39 is 0 Å². The van der Waals surface area contributed by atoms with Gasteiger partial charge in [0.2, 0.25) is 0 Å². The third-order valence-electron chi connectivity index (χ3n) is 1.53. The summed E-state index contributed by atoms with van der Waals surface area (Å²) in [5.41, 5.74) is 0. The first-order valence-corrected chi connectivity index (χ1v) is 3.81. The van der Waals surface area contributed by atoms with Crippen molar-refractivity contribution >= 4 is 5.97 Å². The highest BCUT2D eigenvalue weighted by atomic mass is 16.6. The van der Waals surface area contributed by atoms with E-state index in [1.165, 1.54) is 6.92 Å². The van der Waals surface area contributed by atoms with Crippen molar-refractivity contribution in [3.05, 3.63) is 6.61 Å². The van der Waals surface area contributed by atoms with Crippen molar-refractivity contribution < 1.29 is 14.3 Å². The minimum absolute atomic E-state index is 0.0349. The van der Waals surface area contributed by atoms with E-state index in [9.17, 15) is 4.79 Å². The van der Waals surface area contributed by atoms with E-state index in [2.05, 4.69) is 6.61 Å². The highest BCUT2D eigenvalue weighted by Gasteiger charge is 2.15. The van der Waals surface area contributed by atoms with Gasteiger partial charge in [0.05, 0.1) is 6.10 Å². The minimum Gasteiger partial charge on any atom is -0.463 e. The first-order chi connectivity index (χ1) is 5.29. The number of ether oxygens (including phenoxy) is 2. The largest absolute Gasteiger partial charge is 0.463 e. The van der Waals surface area contributed by atoms with Gasteiger partial charge in [0.1, 0.15) is 13.2 Å². The molecule has 0 N–H and O–H groups in total. The molecule has 3 heteroatoms. The summed E-state index contributed by atoms with van der Waals surface area (Å²) in [6, 6.07) is 0. The normalized spacial score (nSPS) is 24.6. The van der Waals surface area contributed by atoms with Gasteiger partial charge in [0.25, 0.3) is 0 Å². The minimum atomic E-state index is -0.251. The molecule has 1 unspecified atom stereocenters. The molecule has 1 aliphatic heterocycles. The maximum atomic E-state index is 10.4. The molecule has 1 heterocycles. The smallest absolute Gasteiger partial charge is 0.302 e. The molecule has 1 fully saturated rings. The number of hydrogen-bond donors (Lipinski definition) is 0. The number of hydrogen-bond acceptors (Lipinski definition) is 3. The van der Waals surface area contributed by atoms with Crippen LogP contribution >= 0.6 is 0 Å². The van der Waals surface area contributed by atoms with E-state index in [0.29, 0.717) is 6.61 Å². The fourth-order valence-corrected chi connectivity index (χ4v) is 0.965.